The summed E-state index contributed by atoms with van der Waals surface area (Å²) in [6.07, 6.45) is 9.27. The number of hydrogen-bond acceptors (Lipinski definition) is 6. The average molecular weight is 463 g/mol. The van der Waals surface area contributed by atoms with Crippen LogP contribution in [0.1, 0.15) is 47.5 Å². The minimum Gasteiger partial charge on any atom is -0.465 e. The number of rotatable bonds is 7. The minimum atomic E-state index is -1.55. The highest BCUT2D eigenvalue weighted by atomic mass is 35.5. The van der Waals surface area contributed by atoms with Gasteiger partial charge >= 0.3 is 5.97 Å². The third-order valence-electron chi connectivity index (χ3n) is 6.45. The Morgan fingerprint density at radius 2 is 2.06 bits per heavy atom. The Morgan fingerprint density at radius 1 is 1.38 bits per heavy atom. The standard InChI is InChI=1S/C25H31ClO6/c1-7-14(2)10-15(3)8-9-17-11-18-19(13-31-17)21-24(5,22(28)20(18)26)32-23(29)25(21,30-6)12-16(4)27/h8-11,13-14,16,21,27H,7,12H2,1-6H3/b9-8+,15-10+/t14?,16?,21-,24-,25?/m0/s1. The number of halogens is 1. The molecule has 2 aliphatic heterocycles. The highest BCUT2D eigenvalue weighted by Crippen LogP contribution is 2.55. The van der Waals surface area contributed by atoms with Crippen LogP contribution in [0.25, 0.3) is 0 Å². The molecule has 1 N–H and O–H groups in total. The van der Waals surface area contributed by atoms with Gasteiger partial charge in [-0.2, -0.15) is 0 Å². The molecule has 0 radical (unpaired) electrons. The highest BCUT2D eigenvalue weighted by Gasteiger charge is 2.70. The van der Waals surface area contributed by atoms with E-state index in [-0.39, 0.29) is 11.5 Å². The third-order valence-corrected chi connectivity index (χ3v) is 6.82. The molecule has 0 bridgehead atoms. The van der Waals surface area contributed by atoms with E-state index < -0.39 is 35.0 Å². The predicted octanol–water partition coefficient (Wildman–Crippen LogP) is 4.50. The first kappa shape index (κ1) is 24.5. The van der Waals surface area contributed by atoms with Crippen LogP contribution in [0.3, 0.4) is 0 Å². The van der Waals surface area contributed by atoms with Crippen molar-refractivity contribution in [2.75, 3.05) is 7.11 Å². The second-order valence-electron chi connectivity index (χ2n) is 9.00. The Bertz CT molecular complexity index is 969. The first-order valence-electron chi connectivity index (χ1n) is 10.9. The van der Waals surface area contributed by atoms with Gasteiger partial charge in [0.1, 0.15) is 5.76 Å². The largest absolute Gasteiger partial charge is 0.465 e. The summed E-state index contributed by atoms with van der Waals surface area (Å²) < 4.78 is 17.1. The van der Waals surface area contributed by atoms with Gasteiger partial charge in [0.2, 0.25) is 5.78 Å². The van der Waals surface area contributed by atoms with E-state index in [0.29, 0.717) is 22.8 Å². The van der Waals surface area contributed by atoms with Crippen LogP contribution in [-0.2, 0) is 23.8 Å². The molecule has 0 amide bonds. The molecule has 5 atom stereocenters. The predicted molar refractivity (Wildman–Crippen MR) is 122 cm³/mol. The van der Waals surface area contributed by atoms with E-state index in [0.717, 1.165) is 12.0 Å². The van der Waals surface area contributed by atoms with E-state index in [9.17, 15) is 14.7 Å². The SMILES string of the molecule is CCC(C)/C=C(C)/C=C/C1=CC2=C(Cl)C(=O)[C@@]3(C)OC(=O)C(CC(C)O)(OC)[C@H]3C2=CO1. The maximum absolute atomic E-state index is 13.2. The van der Waals surface area contributed by atoms with Crippen molar-refractivity contribution in [3.8, 4) is 0 Å². The second-order valence-corrected chi connectivity index (χ2v) is 9.38. The quantitative estimate of drug-likeness (QED) is 0.443. The van der Waals surface area contributed by atoms with Crippen LogP contribution in [-0.4, -0.2) is 41.3 Å². The van der Waals surface area contributed by atoms with Crippen molar-refractivity contribution in [1.29, 1.82) is 0 Å². The van der Waals surface area contributed by atoms with Gasteiger partial charge in [0.15, 0.2) is 11.2 Å². The molecule has 3 unspecified atom stereocenters. The van der Waals surface area contributed by atoms with Gasteiger partial charge in [-0.15, -0.1) is 0 Å². The van der Waals surface area contributed by atoms with Crippen LogP contribution in [0, 0.1) is 11.8 Å². The summed E-state index contributed by atoms with van der Waals surface area (Å²) in [7, 11) is 1.38. The van der Waals surface area contributed by atoms with Crippen LogP contribution in [0.5, 0.6) is 0 Å². The fraction of sp³-hybridized carbons (Fsp3) is 0.520. The monoisotopic (exact) mass is 462 g/mol. The van der Waals surface area contributed by atoms with Gasteiger partial charge in [0, 0.05) is 24.7 Å². The minimum absolute atomic E-state index is 0.0205. The van der Waals surface area contributed by atoms with Gasteiger partial charge in [0.25, 0.3) is 0 Å². The Labute approximate surface area is 194 Å². The smallest absolute Gasteiger partial charge is 0.340 e. The Morgan fingerprint density at radius 3 is 2.66 bits per heavy atom. The summed E-state index contributed by atoms with van der Waals surface area (Å²) in [5, 5.41) is 10.1. The van der Waals surface area contributed by atoms with Crippen LogP contribution in [0.15, 0.2) is 58.1 Å². The normalized spacial score (nSPS) is 32.1. The summed E-state index contributed by atoms with van der Waals surface area (Å²) in [4.78, 5) is 26.2. The van der Waals surface area contributed by atoms with E-state index in [1.165, 1.54) is 20.3 Å². The first-order chi connectivity index (χ1) is 15.0. The number of esters is 1. The molecule has 7 heteroatoms. The van der Waals surface area contributed by atoms with Gasteiger partial charge in [-0.1, -0.05) is 49.6 Å². The molecular weight excluding hydrogens is 432 g/mol. The van der Waals surface area contributed by atoms with E-state index in [1.807, 2.05) is 19.1 Å². The molecule has 3 aliphatic rings. The van der Waals surface area contributed by atoms with E-state index in [1.54, 1.807) is 13.0 Å². The van der Waals surface area contributed by atoms with Crippen LogP contribution in [0.2, 0.25) is 0 Å². The van der Waals surface area contributed by atoms with Gasteiger partial charge in [-0.25, -0.2) is 4.79 Å². The summed E-state index contributed by atoms with van der Waals surface area (Å²) in [5.41, 5.74) is -0.980. The number of methoxy groups -OCH3 is 1. The number of ether oxygens (including phenoxy) is 3. The molecule has 174 valence electrons. The number of hydrogen-bond donors (Lipinski definition) is 1. The van der Waals surface area contributed by atoms with E-state index >= 15 is 0 Å². The maximum atomic E-state index is 13.2. The second kappa shape index (κ2) is 9.00. The zero-order chi connectivity index (χ0) is 23.8. The Balaban J connectivity index is 2.03. The molecule has 1 fully saturated rings. The van der Waals surface area contributed by atoms with Crippen molar-refractivity contribution in [3.05, 3.63) is 58.1 Å². The Hall–Kier alpha value is -2.15. The van der Waals surface area contributed by atoms with Crippen LogP contribution in [0.4, 0.5) is 0 Å². The molecule has 1 aliphatic carbocycles. The number of aliphatic hydroxyl groups is 1. The zero-order valence-corrected chi connectivity index (χ0v) is 20.2. The molecule has 2 heterocycles. The average Bonchev–Trinajstić information content (AvgIpc) is 2.97. The van der Waals surface area contributed by atoms with E-state index in [4.69, 9.17) is 25.8 Å². The van der Waals surface area contributed by atoms with Crippen molar-refractivity contribution < 1.29 is 28.9 Å². The molecule has 3 rings (SSSR count). The van der Waals surface area contributed by atoms with Gasteiger partial charge in [-0.05, 0) is 38.8 Å². The molecule has 0 aromatic rings. The zero-order valence-electron chi connectivity index (χ0n) is 19.4. The van der Waals surface area contributed by atoms with Crippen LogP contribution >= 0.6 is 11.6 Å². The number of Topliss-reactive ketones (excluding diaryl/α,β-unsaturated/α-hetero) is 1. The van der Waals surface area contributed by atoms with E-state index in [2.05, 4.69) is 19.9 Å². The summed E-state index contributed by atoms with van der Waals surface area (Å²) in [6, 6.07) is 0. The van der Waals surface area contributed by atoms with Crippen LogP contribution < -0.4 is 0 Å². The number of fused-ring (bicyclic) bond motifs is 3. The lowest BCUT2D eigenvalue weighted by atomic mass is 9.65. The molecule has 6 nitrogen and oxygen atoms in total. The van der Waals surface area contributed by atoms with Crippen molar-refractivity contribution in [2.24, 2.45) is 11.8 Å². The van der Waals surface area contributed by atoms with Crippen molar-refractivity contribution in [1.82, 2.24) is 0 Å². The topological polar surface area (TPSA) is 82.1 Å². The molecule has 1 saturated heterocycles. The number of carbonyl (C=O) groups is 2. The lowest BCUT2D eigenvalue weighted by Crippen LogP contribution is -2.54. The fourth-order valence-corrected chi connectivity index (χ4v) is 5.03. The summed E-state index contributed by atoms with van der Waals surface area (Å²) >= 11 is 6.47. The van der Waals surface area contributed by atoms with Gasteiger partial charge in [0.05, 0.1) is 23.3 Å². The number of aliphatic hydroxyl groups excluding tert-OH is 1. The molecule has 0 aromatic heterocycles. The first-order valence-corrected chi connectivity index (χ1v) is 11.2. The fourth-order valence-electron chi connectivity index (χ4n) is 4.68. The molecule has 0 saturated carbocycles. The highest BCUT2D eigenvalue weighted by molar-refractivity contribution is 6.45. The molecule has 0 spiro atoms. The Kier molecular flexibility index (Phi) is 6.89. The van der Waals surface area contributed by atoms with Crippen molar-refractivity contribution in [3.63, 3.8) is 0 Å². The molecule has 0 aromatic carbocycles. The lowest BCUT2D eigenvalue weighted by molar-refractivity contribution is -0.164. The van der Waals surface area contributed by atoms with Gasteiger partial charge < -0.3 is 19.3 Å². The maximum Gasteiger partial charge on any atom is 0.340 e. The third kappa shape index (κ3) is 4.00. The number of carbonyl (C=O) groups excluding carboxylic acids is 2. The summed E-state index contributed by atoms with van der Waals surface area (Å²) in [6.45, 7) is 9.39. The molecular formula is C25H31ClO6. The lowest BCUT2D eigenvalue weighted by Gasteiger charge is -2.41. The number of allylic oxidation sites excluding steroid dienone is 6. The number of ketones is 1. The van der Waals surface area contributed by atoms with Crippen molar-refractivity contribution >= 4 is 23.4 Å². The molecule has 32 heavy (non-hydrogen) atoms. The summed E-state index contributed by atoms with van der Waals surface area (Å²) in [5.74, 6) is -1.04. The van der Waals surface area contributed by atoms with Crippen molar-refractivity contribution in [2.45, 2.75) is 64.8 Å². The van der Waals surface area contributed by atoms with Gasteiger partial charge in [-0.3, -0.25) is 4.79 Å².